The average molecular weight is 236 g/mol. The smallest absolute Gasteiger partial charge is 0.141 e. The third kappa shape index (κ3) is 2.49. The Morgan fingerprint density at radius 3 is 2.76 bits per heavy atom. The van der Waals surface area contributed by atoms with E-state index < -0.39 is 0 Å². The van der Waals surface area contributed by atoms with Gasteiger partial charge in [0.2, 0.25) is 0 Å². The summed E-state index contributed by atoms with van der Waals surface area (Å²) < 4.78 is 13.3. The van der Waals surface area contributed by atoms with Gasteiger partial charge in [0.1, 0.15) is 5.82 Å². The molecule has 1 aromatic rings. The van der Waals surface area contributed by atoms with Gasteiger partial charge in [-0.2, -0.15) is 0 Å². The Bertz CT molecular complexity index is 390. The summed E-state index contributed by atoms with van der Waals surface area (Å²) in [5.74, 6) is 0.301. The van der Waals surface area contributed by atoms with Crippen molar-refractivity contribution in [2.24, 2.45) is 11.3 Å². The van der Waals surface area contributed by atoms with Crippen molar-refractivity contribution in [1.29, 1.82) is 0 Å². The van der Waals surface area contributed by atoms with Crippen LogP contribution in [0, 0.1) is 17.2 Å². The first-order valence-corrected chi connectivity index (χ1v) is 6.32. The fraction of sp³-hybridized carbons (Fsp3) is 0.643. The molecule has 2 rings (SSSR count). The van der Waals surface area contributed by atoms with Crippen LogP contribution < -0.4 is 5.32 Å². The van der Waals surface area contributed by atoms with Crippen molar-refractivity contribution in [3.05, 3.63) is 29.8 Å². The van der Waals surface area contributed by atoms with Gasteiger partial charge < -0.3 is 5.32 Å². The van der Waals surface area contributed by atoms with E-state index in [1.54, 1.807) is 12.3 Å². The molecule has 3 heteroatoms. The fourth-order valence-electron chi connectivity index (χ4n) is 3.17. The lowest BCUT2D eigenvalue weighted by molar-refractivity contribution is 0.203. The summed E-state index contributed by atoms with van der Waals surface area (Å²) >= 11 is 0. The maximum atomic E-state index is 13.3. The van der Waals surface area contributed by atoms with Gasteiger partial charge in [0.25, 0.3) is 0 Å². The van der Waals surface area contributed by atoms with Crippen LogP contribution in [0.4, 0.5) is 4.39 Å². The quantitative estimate of drug-likeness (QED) is 0.871. The van der Waals surface area contributed by atoms with E-state index in [1.807, 2.05) is 7.05 Å². The first kappa shape index (κ1) is 12.5. The molecule has 1 saturated carbocycles. The standard InChI is InChI=1S/C14H21FN2/c1-14(2)6-4-5-12(14)13(16-3)10-7-11(15)9-17-8-10/h7-9,12-13,16H,4-6H2,1-3H3. The van der Waals surface area contributed by atoms with Gasteiger partial charge in [-0.1, -0.05) is 20.3 Å². The minimum absolute atomic E-state index is 0.204. The largest absolute Gasteiger partial charge is 0.313 e. The molecule has 1 aliphatic carbocycles. The first-order chi connectivity index (χ1) is 8.04. The molecule has 0 saturated heterocycles. The van der Waals surface area contributed by atoms with Crippen LogP contribution in [0.1, 0.15) is 44.7 Å². The number of rotatable bonds is 3. The van der Waals surface area contributed by atoms with Crippen molar-refractivity contribution in [3.8, 4) is 0 Å². The van der Waals surface area contributed by atoms with Gasteiger partial charge in [0.05, 0.1) is 6.20 Å². The lowest BCUT2D eigenvalue weighted by Gasteiger charge is -2.34. The molecule has 2 atom stereocenters. The summed E-state index contributed by atoms with van der Waals surface area (Å²) in [4.78, 5) is 3.96. The van der Waals surface area contributed by atoms with Gasteiger partial charge in [0, 0.05) is 12.2 Å². The zero-order valence-corrected chi connectivity index (χ0v) is 10.8. The molecular weight excluding hydrogens is 215 g/mol. The molecule has 1 fully saturated rings. The van der Waals surface area contributed by atoms with E-state index in [4.69, 9.17) is 0 Å². The minimum atomic E-state index is -0.251. The van der Waals surface area contributed by atoms with Gasteiger partial charge in [-0.3, -0.25) is 4.98 Å². The monoisotopic (exact) mass is 236 g/mol. The molecule has 2 nitrogen and oxygen atoms in total. The zero-order valence-electron chi connectivity index (χ0n) is 10.8. The summed E-state index contributed by atoms with van der Waals surface area (Å²) in [5.41, 5.74) is 1.28. The Morgan fingerprint density at radius 2 is 2.24 bits per heavy atom. The molecule has 0 aliphatic heterocycles. The second kappa shape index (κ2) is 4.73. The highest BCUT2D eigenvalue weighted by atomic mass is 19.1. The van der Waals surface area contributed by atoms with E-state index in [2.05, 4.69) is 24.1 Å². The van der Waals surface area contributed by atoms with Crippen molar-refractivity contribution >= 4 is 0 Å². The maximum absolute atomic E-state index is 13.3. The van der Waals surface area contributed by atoms with Crippen molar-refractivity contribution in [2.75, 3.05) is 7.05 Å². The average Bonchev–Trinajstić information content (AvgIpc) is 2.60. The van der Waals surface area contributed by atoms with Crippen molar-refractivity contribution < 1.29 is 4.39 Å². The van der Waals surface area contributed by atoms with E-state index >= 15 is 0 Å². The molecule has 2 unspecified atom stereocenters. The lowest BCUT2D eigenvalue weighted by atomic mass is 9.76. The third-order valence-corrected chi connectivity index (χ3v) is 4.14. The number of hydrogen-bond donors (Lipinski definition) is 1. The van der Waals surface area contributed by atoms with Crippen LogP contribution in [0.3, 0.4) is 0 Å². The number of halogens is 1. The summed E-state index contributed by atoms with van der Waals surface area (Å²) in [7, 11) is 1.95. The summed E-state index contributed by atoms with van der Waals surface area (Å²) in [6, 6.07) is 1.80. The van der Waals surface area contributed by atoms with E-state index in [1.165, 1.54) is 25.5 Å². The molecule has 0 aromatic carbocycles. The molecule has 1 heterocycles. The van der Waals surface area contributed by atoms with E-state index in [-0.39, 0.29) is 11.9 Å². The van der Waals surface area contributed by atoms with Gasteiger partial charge in [-0.05, 0) is 42.9 Å². The van der Waals surface area contributed by atoms with Crippen LogP contribution in [0.15, 0.2) is 18.5 Å². The Labute approximate surface area is 103 Å². The summed E-state index contributed by atoms with van der Waals surface area (Å²) in [5, 5.41) is 3.34. The van der Waals surface area contributed by atoms with E-state index in [0.29, 0.717) is 11.3 Å². The van der Waals surface area contributed by atoms with Crippen LogP contribution in [-0.2, 0) is 0 Å². The second-order valence-corrected chi connectivity index (χ2v) is 5.69. The predicted molar refractivity (Wildman–Crippen MR) is 67.1 cm³/mol. The molecule has 1 aromatic heterocycles. The van der Waals surface area contributed by atoms with Crippen LogP contribution in [-0.4, -0.2) is 12.0 Å². The zero-order chi connectivity index (χ0) is 12.5. The van der Waals surface area contributed by atoms with Crippen LogP contribution in [0.5, 0.6) is 0 Å². The Balaban J connectivity index is 2.27. The molecule has 0 spiro atoms. The van der Waals surface area contributed by atoms with Gasteiger partial charge in [0.15, 0.2) is 0 Å². The minimum Gasteiger partial charge on any atom is -0.313 e. The third-order valence-electron chi connectivity index (χ3n) is 4.14. The molecule has 0 amide bonds. The van der Waals surface area contributed by atoms with E-state index in [0.717, 1.165) is 5.56 Å². The molecular formula is C14H21FN2. The van der Waals surface area contributed by atoms with Crippen LogP contribution >= 0.6 is 0 Å². The highest BCUT2D eigenvalue weighted by Crippen LogP contribution is 2.48. The maximum Gasteiger partial charge on any atom is 0.141 e. The summed E-state index contributed by atoms with van der Waals surface area (Å²) in [6.45, 7) is 4.61. The molecule has 0 bridgehead atoms. The number of hydrogen-bond acceptors (Lipinski definition) is 2. The normalized spacial score (nSPS) is 24.8. The molecule has 94 valence electrons. The highest BCUT2D eigenvalue weighted by molar-refractivity contribution is 5.17. The number of nitrogens with zero attached hydrogens (tertiary/aromatic N) is 1. The molecule has 0 radical (unpaired) electrons. The van der Waals surface area contributed by atoms with Gasteiger partial charge in [-0.25, -0.2) is 4.39 Å². The van der Waals surface area contributed by atoms with Crippen LogP contribution in [0.25, 0.3) is 0 Å². The topological polar surface area (TPSA) is 24.9 Å². The Hall–Kier alpha value is -0.960. The second-order valence-electron chi connectivity index (χ2n) is 5.69. The van der Waals surface area contributed by atoms with Gasteiger partial charge in [-0.15, -0.1) is 0 Å². The molecule has 1 N–H and O–H groups in total. The van der Waals surface area contributed by atoms with Crippen molar-refractivity contribution in [1.82, 2.24) is 10.3 Å². The number of nitrogens with one attached hydrogen (secondary N) is 1. The number of aromatic nitrogens is 1. The number of pyridine rings is 1. The molecule has 1 aliphatic rings. The van der Waals surface area contributed by atoms with Gasteiger partial charge >= 0.3 is 0 Å². The fourth-order valence-corrected chi connectivity index (χ4v) is 3.17. The summed E-state index contributed by atoms with van der Waals surface area (Å²) in [6.07, 6.45) is 6.75. The highest BCUT2D eigenvalue weighted by Gasteiger charge is 2.39. The van der Waals surface area contributed by atoms with Crippen molar-refractivity contribution in [3.63, 3.8) is 0 Å². The van der Waals surface area contributed by atoms with Crippen molar-refractivity contribution in [2.45, 2.75) is 39.2 Å². The molecule has 17 heavy (non-hydrogen) atoms. The Kier molecular flexibility index (Phi) is 3.48. The lowest BCUT2D eigenvalue weighted by Crippen LogP contribution is -2.32. The predicted octanol–water partition coefficient (Wildman–Crippen LogP) is 3.31. The Morgan fingerprint density at radius 1 is 1.47 bits per heavy atom. The van der Waals surface area contributed by atoms with E-state index in [9.17, 15) is 4.39 Å². The SMILES string of the molecule is CNC(c1cncc(F)c1)C1CCCC1(C)C. The first-order valence-electron chi connectivity index (χ1n) is 6.32. The van der Waals surface area contributed by atoms with Crippen LogP contribution in [0.2, 0.25) is 0 Å².